The molecule has 0 spiro atoms. The highest BCUT2D eigenvalue weighted by Gasteiger charge is 2.34. The summed E-state index contributed by atoms with van der Waals surface area (Å²) in [5, 5.41) is 11.6. The lowest BCUT2D eigenvalue weighted by molar-refractivity contribution is -0.150. The van der Waals surface area contributed by atoms with E-state index >= 15 is 0 Å². The summed E-state index contributed by atoms with van der Waals surface area (Å²) >= 11 is 0. The van der Waals surface area contributed by atoms with Gasteiger partial charge in [0.05, 0.1) is 6.20 Å². The van der Waals surface area contributed by atoms with Crippen molar-refractivity contribution in [2.75, 3.05) is 5.32 Å². The Hall–Kier alpha value is -3.00. The Labute approximate surface area is 137 Å². The van der Waals surface area contributed by atoms with Crippen LogP contribution in [0.5, 0.6) is 11.6 Å². The van der Waals surface area contributed by atoms with Gasteiger partial charge < -0.3 is 19.9 Å². The van der Waals surface area contributed by atoms with E-state index in [4.69, 9.17) is 14.6 Å². The van der Waals surface area contributed by atoms with Crippen molar-refractivity contribution < 1.29 is 24.2 Å². The van der Waals surface area contributed by atoms with Gasteiger partial charge in [-0.05, 0) is 25.0 Å². The first-order valence-electron chi connectivity index (χ1n) is 7.35. The topological polar surface area (TPSA) is 111 Å². The highest BCUT2D eigenvalue weighted by molar-refractivity contribution is 5.94. The van der Waals surface area contributed by atoms with E-state index in [1.165, 1.54) is 18.6 Å². The molecule has 8 heteroatoms. The summed E-state index contributed by atoms with van der Waals surface area (Å²) < 4.78 is 10.8. The van der Waals surface area contributed by atoms with E-state index < -0.39 is 18.2 Å². The standard InChI is InChI=1S/C16H15N3O5/c20-15(12-4-5-13(24-12)16(21)22)19-10-2-1-3-11(8-10)23-14-9-17-6-7-18-14/h1-3,6-9,12-13H,4-5H2,(H,19,20)(H,21,22)/t12-,13+/m0/s1. The molecule has 2 aromatic rings. The smallest absolute Gasteiger partial charge is 0.332 e. The number of aromatic nitrogens is 2. The lowest BCUT2D eigenvalue weighted by atomic mass is 10.2. The Kier molecular flexibility index (Phi) is 4.66. The lowest BCUT2D eigenvalue weighted by Gasteiger charge is -2.12. The molecule has 1 aromatic carbocycles. The van der Waals surface area contributed by atoms with Crippen LogP contribution in [-0.4, -0.2) is 39.2 Å². The number of amides is 1. The minimum atomic E-state index is -1.05. The average molecular weight is 329 g/mol. The number of aliphatic carboxylic acids is 1. The van der Waals surface area contributed by atoms with Crippen molar-refractivity contribution in [2.45, 2.75) is 25.0 Å². The molecule has 0 bridgehead atoms. The second-order valence-electron chi connectivity index (χ2n) is 5.19. The van der Waals surface area contributed by atoms with Gasteiger partial charge in [-0.1, -0.05) is 6.07 Å². The molecule has 24 heavy (non-hydrogen) atoms. The van der Waals surface area contributed by atoms with Gasteiger partial charge in [0.2, 0.25) is 5.88 Å². The molecule has 1 fully saturated rings. The fourth-order valence-electron chi connectivity index (χ4n) is 2.33. The first-order chi connectivity index (χ1) is 11.6. The number of benzene rings is 1. The fraction of sp³-hybridized carbons (Fsp3) is 0.250. The second kappa shape index (κ2) is 7.05. The van der Waals surface area contributed by atoms with Crippen molar-refractivity contribution in [1.29, 1.82) is 0 Å². The van der Waals surface area contributed by atoms with Crippen LogP contribution in [-0.2, 0) is 14.3 Å². The maximum absolute atomic E-state index is 12.2. The van der Waals surface area contributed by atoms with Gasteiger partial charge in [0.1, 0.15) is 11.9 Å². The van der Waals surface area contributed by atoms with Gasteiger partial charge in [-0.3, -0.25) is 9.78 Å². The van der Waals surface area contributed by atoms with Gasteiger partial charge in [-0.15, -0.1) is 0 Å². The summed E-state index contributed by atoms with van der Waals surface area (Å²) in [7, 11) is 0. The van der Waals surface area contributed by atoms with Gasteiger partial charge >= 0.3 is 5.97 Å². The Morgan fingerprint density at radius 3 is 2.79 bits per heavy atom. The minimum absolute atomic E-state index is 0.323. The number of nitrogens with zero attached hydrogens (tertiary/aromatic N) is 2. The molecular formula is C16H15N3O5. The minimum Gasteiger partial charge on any atom is -0.479 e. The van der Waals surface area contributed by atoms with E-state index in [0.29, 0.717) is 30.2 Å². The van der Waals surface area contributed by atoms with Gasteiger partial charge in [0.25, 0.3) is 5.91 Å². The molecule has 124 valence electrons. The number of hydrogen-bond donors (Lipinski definition) is 2. The Balaban J connectivity index is 1.62. The van der Waals surface area contributed by atoms with Crippen LogP contribution in [0.3, 0.4) is 0 Å². The lowest BCUT2D eigenvalue weighted by Crippen LogP contribution is -2.29. The fourth-order valence-corrected chi connectivity index (χ4v) is 2.33. The van der Waals surface area contributed by atoms with Crippen LogP contribution in [0.2, 0.25) is 0 Å². The molecule has 0 radical (unpaired) electrons. The van der Waals surface area contributed by atoms with Crippen LogP contribution in [0.25, 0.3) is 0 Å². The number of carboxylic acid groups (broad SMARTS) is 1. The van der Waals surface area contributed by atoms with E-state index in [-0.39, 0.29) is 5.91 Å². The van der Waals surface area contributed by atoms with E-state index in [0.717, 1.165) is 0 Å². The molecule has 2 atom stereocenters. The molecule has 1 saturated heterocycles. The third kappa shape index (κ3) is 3.85. The summed E-state index contributed by atoms with van der Waals surface area (Å²) in [6.45, 7) is 0. The number of rotatable bonds is 5. The zero-order valence-corrected chi connectivity index (χ0v) is 12.6. The SMILES string of the molecule is O=C(Nc1cccc(Oc2cnccn2)c1)[C@@H]1CC[C@H](C(=O)O)O1. The maximum atomic E-state index is 12.2. The summed E-state index contributed by atoms with van der Waals surface area (Å²) in [6.07, 6.45) is 3.53. The van der Waals surface area contributed by atoms with Gasteiger partial charge in [0, 0.05) is 24.1 Å². The molecule has 1 amide bonds. The number of anilines is 1. The maximum Gasteiger partial charge on any atom is 0.332 e. The Bertz CT molecular complexity index is 738. The molecule has 1 aliphatic rings. The van der Waals surface area contributed by atoms with Crippen molar-refractivity contribution in [1.82, 2.24) is 9.97 Å². The first-order valence-corrected chi connectivity index (χ1v) is 7.35. The van der Waals surface area contributed by atoms with Crippen molar-refractivity contribution >= 4 is 17.6 Å². The number of carbonyl (C=O) groups excluding carboxylic acids is 1. The Morgan fingerprint density at radius 2 is 2.08 bits per heavy atom. The molecule has 1 aliphatic heterocycles. The highest BCUT2D eigenvalue weighted by atomic mass is 16.5. The third-order valence-corrected chi connectivity index (χ3v) is 3.45. The zero-order valence-electron chi connectivity index (χ0n) is 12.6. The monoisotopic (exact) mass is 329 g/mol. The highest BCUT2D eigenvalue weighted by Crippen LogP contribution is 2.24. The average Bonchev–Trinajstić information content (AvgIpc) is 3.06. The molecule has 3 rings (SSSR count). The molecule has 0 unspecified atom stereocenters. The third-order valence-electron chi connectivity index (χ3n) is 3.45. The largest absolute Gasteiger partial charge is 0.479 e. The van der Waals surface area contributed by atoms with Gasteiger partial charge in [0.15, 0.2) is 6.10 Å². The molecule has 2 heterocycles. The van der Waals surface area contributed by atoms with Crippen LogP contribution in [0.1, 0.15) is 12.8 Å². The predicted molar refractivity (Wildman–Crippen MR) is 82.7 cm³/mol. The van der Waals surface area contributed by atoms with Crippen molar-refractivity contribution in [3.05, 3.63) is 42.9 Å². The van der Waals surface area contributed by atoms with Crippen LogP contribution in [0.4, 0.5) is 5.69 Å². The first kappa shape index (κ1) is 15.9. The quantitative estimate of drug-likeness (QED) is 0.861. The number of hydrogen-bond acceptors (Lipinski definition) is 6. The second-order valence-corrected chi connectivity index (χ2v) is 5.19. The molecule has 0 aliphatic carbocycles. The summed E-state index contributed by atoms with van der Waals surface area (Å²) in [4.78, 5) is 30.9. The van der Waals surface area contributed by atoms with Gasteiger partial charge in [-0.2, -0.15) is 0 Å². The van der Waals surface area contributed by atoms with Crippen LogP contribution in [0.15, 0.2) is 42.9 Å². The molecular weight excluding hydrogens is 314 g/mol. The molecule has 8 nitrogen and oxygen atoms in total. The summed E-state index contributed by atoms with van der Waals surface area (Å²) in [5.41, 5.74) is 0.517. The summed E-state index contributed by atoms with van der Waals surface area (Å²) in [5.74, 6) is -0.603. The van der Waals surface area contributed by atoms with E-state index in [1.807, 2.05) is 0 Å². The van der Waals surface area contributed by atoms with Crippen LogP contribution < -0.4 is 10.1 Å². The van der Waals surface area contributed by atoms with Crippen LogP contribution >= 0.6 is 0 Å². The molecule has 2 N–H and O–H groups in total. The van der Waals surface area contributed by atoms with E-state index in [9.17, 15) is 9.59 Å². The van der Waals surface area contributed by atoms with Crippen LogP contribution in [0, 0.1) is 0 Å². The number of nitrogens with one attached hydrogen (secondary N) is 1. The van der Waals surface area contributed by atoms with Crippen molar-refractivity contribution in [3.8, 4) is 11.6 Å². The Morgan fingerprint density at radius 1 is 1.25 bits per heavy atom. The number of ether oxygens (including phenoxy) is 2. The normalized spacial score (nSPS) is 19.7. The summed E-state index contributed by atoms with van der Waals surface area (Å²) in [6, 6.07) is 6.77. The predicted octanol–water partition coefficient (Wildman–Crippen LogP) is 1.84. The number of carboxylic acids is 1. The zero-order chi connectivity index (χ0) is 16.9. The molecule has 1 aromatic heterocycles. The van der Waals surface area contributed by atoms with Gasteiger partial charge in [-0.25, -0.2) is 9.78 Å². The van der Waals surface area contributed by atoms with E-state index in [2.05, 4.69) is 15.3 Å². The molecule has 0 saturated carbocycles. The number of carbonyl (C=O) groups is 2. The van der Waals surface area contributed by atoms with Crippen molar-refractivity contribution in [3.63, 3.8) is 0 Å². The van der Waals surface area contributed by atoms with E-state index in [1.54, 1.807) is 24.3 Å². The van der Waals surface area contributed by atoms with Crippen molar-refractivity contribution in [2.24, 2.45) is 0 Å².